The zero-order chi connectivity index (χ0) is 17.5. The van der Waals surface area contributed by atoms with Gasteiger partial charge in [0.1, 0.15) is 0 Å². The number of nitrogens with zero attached hydrogens (tertiary/aromatic N) is 3. The van der Waals surface area contributed by atoms with E-state index in [2.05, 4.69) is 55.8 Å². The Morgan fingerprint density at radius 1 is 1.28 bits per heavy atom. The standard InChI is InChI=1S/C19H27N5S/c1-15-21-12-18(25-15)13-22-19(20-2)23-17-8-10-24(11-9-17)14-16-6-4-3-5-7-16/h3-7,12,17H,8-11,13-14H2,1-2H3,(H2,20,22,23). The maximum Gasteiger partial charge on any atom is 0.191 e. The molecule has 134 valence electrons. The number of benzene rings is 1. The molecule has 0 spiro atoms. The van der Waals surface area contributed by atoms with Crippen LogP contribution in [0, 0.1) is 6.92 Å². The van der Waals surface area contributed by atoms with E-state index in [0.717, 1.165) is 50.0 Å². The lowest BCUT2D eigenvalue weighted by atomic mass is 10.0. The van der Waals surface area contributed by atoms with E-state index in [1.54, 1.807) is 11.3 Å². The Morgan fingerprint density at radius 3 is 2.68 bits per heavy atom. The highest BCUT2D eigenvalue weighted by Crippen LogP contribution is 2.14. The van der Waals surface area contributed by atoms with Crippen LogP contribution in [0.5, 0.6) is 0 Å². The molecule has 2 heterocycles. The second-order valence-corrected chi connectivity index (χ2v) is 7.77. The van der Waals surface area contributed by atoms with Gasteiger partial charge in [0.2, 0.25) is 0 Å². The summed E-state index contributed by atoms with van der Waals surface area (Å²) >= 11 is 1.72. The summed E-state index contributed by atoms with van der Waals surface area (Å²) in [6, 6.07) is 11.2. The van der Waals surface area contributed by atoms with Gasteiger partial charge in [0.25, 0.3) is 0 Å². The van der Waals surface area contributed by atoms with Crippen LogP contribution in [-0.4, -0.2) is 42.0 Å². The fourth-order valence-corrected chi connectivity index (χ4v) is 3.86. The average molecular weight is 358 g/mol. The number of guanidine groups is 1. The summed E-state index contributed by atoms with van der Waals surface area (Å²) in [5, 5.41) is 8.06. The monoisotopic (exact) mass is 357 g/mol. The van der Waals surface area contributed by atoms with Crippen LogP contribution in [0.15, 0.2) is 41.5 Å². The van der Waals surface area contributed by atoms with Gasteiger partial charge >= 0.3 is 0 Å². The average Bonchev–Trinajstić information content (AvgIpc) is 3.06. The first kappa shape index (κ1) is 17.9. The lowest BCUT2D eigenvalue weighted by molar-refractivity contribution is 0.198. The largest absolute Gasteiger partial charge is 0.354 e. The minimum Gasteiger partial charge on any atom is -0.354 e. The number of hydrogen-bond donors (Lipinski definition) is 2. The van der Waals surface area contributed by atoms with Gasteiger partial charge in [-0.25, -0.2) is 4.98 Å². The van der Waals surface area contributed by atoms with E-state index in [9.17, 15) is 0 Å². The number of hydrogen-bond acceptors (Lipinski definition) is 4. The van der Waals surface area contributed by atoms with Gasteiger partial charge in [0.15, 0.2) is 5.96 Å². The number of likely N-dealkylation sites (tertiary alicyclic amines) is 1. The molecule has 1 aliphatic heterocycles. The third-order valence-electron chi connectivity index (χ3n) is 4.50. The van der Waals surface area contributed by atoms with Gasteiger partial charge in [0, 0.05) is 43.8 Å². The molecule has 2 N–H and O–H groups in total. The Hall–Kier alpha value is -1.92. The van der Waals surface area contributed by atoms with Crippen LogP contribution in [0.25, 0.3) is 0 Å². The summed E-state index contributed by atoms with van der Waals surface area (Å²) in [5.41, 5.74) is 1.39. The summed E-state index contributed by atoms with van der Waals surface area (Å²) in [7, 11) is 1.83. The van der Waals surface area contributed by atoms with Gasteiger partial charge in [-0.05, 0) is 25.3 Å². The molecule has 5 nitrogen and oxygen atoms in total. The first-order chi connectivity index (χ1) is 12.2. The Balaban J connectivity index is 1.41. The van der Waals surface area contributed by atoms with Gasteiger partial charge in [-0.15, -0.1) is 11.3 Å². The van der Waals surface area contributed by atoms with Crippen LogP contribution >= 0.6 is 11.3 Å². The quantitative estimate of drug-likeness (QED) is 0.638. The molecule has 0 radical (unpaired) electrons. The van der Waals surface area contributed by atoms with Gasteiger partial charge < -0.3 is 10.6 Å². The number of aliphatic imine (C=N–C) groups is 1. The molecule has 1 saturated heterocycles. The fourth-order valence-electron chi connectivity index (χ4n) is 3.12. The molecule has 1 aromatic carbocycles. The lowest BCUT2D eigenvalue weighted by Crippen LogP contribution is -2.48. The number of aromatic nitrogens is 1. The van der Waals surface area contributed by atoms with Crippen molar-refractivity contribution >= 4 is 17.3 Å². The molecule has 1 aliphatic rings. The summed E-state index contributed by atoms with van der Waals surface area (Å²) in [5.74, 6) is 0.882. The zero-order valence-electron chi connectivity index (χ0n) is 15.0. The SMILES string of the molecule is CN=C(NCc1cnc(C)s1)NC1CCN(Cc2ccccc2)CC1. The smallest absolute Gasteiger partial charge is 0.191 e. The molecular weight excluding hydrogens is 330 g/mol. The van der Waals surface area contributed by atoms with E-state index >= 15 is 0 Å². The minimum atomic E-state index is 0.487. The maximum atomic E-state index is 4.36. The molecule has 3 rings (SSSR count). The van der Waals surface area contributed by atoms with E-state index < -0.39 is 0 Å². The number of rotatable bonds is 5. The molecule has 0 atom stereocenters. The van der Waals surface area contributed by atoms with Crippen molar-refractivity contribution in [1.29, 1.82) is 0 Å². The minimum absolute atomic E-state index is 0.487. The van der Waals surface area contributed by atoms with E-state index in [0.29, 0.717) is 6.04 Å². The van der Waals surface area contributed by atoms with Gasteiger partial charge in [0.05, 0.1) is 11.6 Å². The van der Waals surface area contributed by atoms with Crippen molar-refractivity contribution in [3.05, 3.63) is 52.0 Å². The van der Waals surface area contributed by atoms with Gasteiger partial charge in [-0.1, -0.05) is 30.3 Å². The molecule has 1 fully saturated rings. The molecule has 0 unspecified atom stereocenters. The van der Waals surface area contributed by atoms with Crippen molar-refractivity contribution in [3.8, 4) is 0 Å². The second-order valence-electron chi connectivity index (χ2n) is 6.45. The van der Waals surface area contributed by atoms with Crippen molar-refractivity contribution in [1.82, 2.24) is 20.5 Å². The van der Waals surface area contributed by atoms with Crippen LogP contribution in [0.3, 0.4) is 0 Å². The third-order valence-corrected chi connectivity index (χ3v) is 5.41. The molecule has 0 amide bonds. The van der Waals surface area contributed by atoms with Crippen LogP contribution in [0.1, 0.15) is 28.3 Å². The highest BCUT2D eigenvalue weighted by Gasteiger charge is 2.20. The predicted octanol–water partition coefficient (Wildman–Crippen LogP) is 2.78. The topological polar surface area (TPSA) is 52.6 Å². The molecule has 0 saturated carbocycles. The predicted molar refractivity (Wildman–Crippen MR) is 105 cm³/mol. The summed E-state index contributed by atoms with van der Waals surface area (Å²) in [4.78, 5) is 12.4. The van der Waals surface area contributed by atoms with Crippen molar-refractivity contribution in [2.24, 2.45) is 4.99 Å². The van der Waals surface area contributed by atoms with Gasteiger partial charge in [-0.2, -0.15) is 0 Å². The highest BCUT2D eigenvalue weighted by molar-refractivity contribution is 7.11. The Kier molecular flexibility index (Phi) is 6.42. The highest BCUT2D eigenvalue weighted by atomic mass is 32.1. The summed E-state index contributed by atoms with van der Waals surface area (Å²) in [6.45, 7) is 6.10. The number of aryl methyl sites for hydroxylation is 1. The Bertz CT molecular complexity index is 674. The van der Waals surface area contributed by atoms with Crippen molar-refractivity contribution in [2.75, 3.05) is 20.1 Å². The van der Waals surface area contributed by atoms with Crippen molar-refractivity contribution < 1.29 is 0 Å². The van der Waals surface area contributed by atoms with Crippen molar-refractivity contribution in [2.45, 2.75) is 38.9 Å². The van der Waals surface area contributed by atoms with E-state index in [-0.39, 0.29) is 0 Å². The number of nitrogens with one attached hydrogen (secondary N) is 2. The fraction of sp³-hybridized carbons (Fsp3) is 0.474. The van der Waals surface area contributed by atoms with E-state index in [4.69, 9.17) is 0 Å². The first-order valence-electron chi connectivity index (χ1n) is 8.87. The van der Waals surface area contributed by atoms with Crippen LogP contribution in [0.2, 0.25) is 0 Å². The summed E-state index contributed by atoms with van der Waals surface area (Å²) < 4.78 is 0. The molecule has 6 heteroatoms. The molecular formula is C19H27N5S. The lowest BCUT2D eigenvalue weighted by Gasteiger charge is -2.33. The second kappa shape index (κ2) is 8.97. The van der Waals surface area contributed by atoms with Crippen LogP contribution in [-0.2, 0) is 13.1 Å². The number of thiazole rings is 1. The molecule has 2 aromatic rings. The normalized spacial score (nSPS) is 16.8. The number of piperidine rings is 1. The molecule has 25 heavy (non-hydrogen) atoms. The van der Waals surface area contributed by atoms with Crippen LogP contribution < -0.4 is 10.6 Å². The first-order valence-corrected chi connectivity index (χ1v) is 9.69. The molecule has 1 aromatic heterocycles. The molecule has 0 bridgehead atoms. The molecule has 0 aliphatic carbocycles. The van der Waals surface area contributed by atoms with Crippen molar-refractivity contribution in [3.63, 3.8) is 0 Å². The van der Waals surface area contributed by atoms with Gasteiger partial charge in [-0.3, -0.25) is 9.89 Å². The van der Waals surface area contributed by atoms with E-state index in [1.165, 1.54) is 10.4 Å². The zero-order valence-corrected chi connectivity index (χ0v) is 15.9. The van der Waals surface area contributed by atoms with Crippen LogP contribution in [0.4, 0.5) is 0 Å². The Labute approximate surface area is 154 Å². The maximum absolute atomic E-state index is 4.36. The summed E-state index contributed by atoms with van der Waals surface area (Å²) in [6.07, 6.45) is 4.22. The third kappa shape index (κ3) is 5.54. The Morgan fingerprint density at radius 2 is 2.04 bits per heavy atom. The van der Waals surface area contributed by atoms with E-state index in [1.807, 2.05) is 20.2 Å².